The monoisotopic (exact) mass is 828 g/mol. The number of piperazine rings is 1. The molecule has 0 saturated carbocycles. The molecule has 3 aromatic carbocycles. The van der Waals surface area contributed by atoms with Crippen LogP contribution >= 0.6 is 11.6 Å². The highest BCUT2D eigenvalue weighted by Gasteiger charge is 2.30. The maximum atomic E-state index is 13.9. The van der Waals surface area contributed by atoms with Gasteiger partial charge in [0.1, 0.15) is 22.8 Å². The van der Waals surface area contributed by atoms with Crippen molar-refractivity contribution in [3.63, 3.8) is 0 Å². The van der Waals surface area contributed by atoms with Gasteiger partial charge in [0.25, 0.3) is 21.6 Å². The minimum absolute atomic E-state index is 0.0389. The van der Waals surface area contributed by atoms with Crippen molar-refractivity contribution >= 4 is 55.6 Å². The zero-order valence-corrected chi connectivity index (χ0v) is 33.4. The van der Waals surface area contributed by atoms with E-state index in [0.717, 1.165) is 87.1 Å². The number of benzene rings is 3. The summed E-state index contributed by atoms with van der Waals surface area (Å²) in [6.07, 6.45) is 7.59. The fourth-order valence-corrected chi connectivity index (χ4v) is 9.35. The minimum Gasteiger partial charge on any atom is -0.455 e. The van der Waals surface area contributed by atoms with Crippen molar-refractivity contribution in [3.05, 3.63) is 111 Å². The van der Waals surface area contributed by atoms with Gasteiger partial charge in [0.15, 0.2) is 0 Å². The van der Waals surface area contributed by atoms with E-state index in [9.17, 15) is 23.3 Å². The highest BCUT2D eigenvalue weighted by atomic mass is 35.5. The number of pyridine rings is 1. The average Bonchev–Trinajstić information content (AvgIpc) is 3.58. The van der Waals surface area contributed by atoms with Crippen LogP contribution in [0.5, 0.6) is 11.5 Å². The molecule has 2 aromatic heterocycles. The smallest absolute Gasteiger partial charge is 0.293 e. The average molecular weight is 829 g/mol. The number of anilines is 2. The molecule has 1 aliphatic carbocycles. The Kier molecular flexibility index (Phi) is 11.8. The summed E-state index contributed by atoms with van der Waals surface area (Å²) in [6, 6.07) is 18.7. The zero-order valence-electron chi connectivity index (χ0n) is 31.9. The molecular weight excluding hydrogens is 784 g/mol. The molecular formula is C41H45ClN8O7S. The molecule has 58 heavy (non-hydrogen) atoms. The molecule has 3 N–H and O–H groups in total. The number of morpholine rings is 1. The van der Waals surface area contributed by atoms with E-state index in [1.165, 1.54) is 35.5 Å². The molecule has 1 unspecified atom stereocenters. The van der Waals surface area contributed by atoms with Gasteiger partial charge in [0.05, 0.1) is 34.8 Å². The van der Waals surface area contributed by atoms with Gasteiger partial charge in [0, 0.05) is 92.8 Å². The Morgan fingerprint density at radius 1 is 1.02 bits per heavy atom. The maximum absolute atomic E-state index is 13.9. The highest BCUT2D eigenvalue weighted by Crippen LogP contribution is 2.38. The van der Waals surface area contributed by atoms with Crippen molar-refractivity contribution in [2.45, 2.75) is 36.6 Å². The molecule has 5 aromatic rings. The number of carbonyl (C=O) groups is 1. The lowest BCUT2D eigenvalue weighted by Gasteiger charge is -2.40. The number of carbonyl (C=O) groups excluding carboxylic acids is 1. The Bertz CT molecular complexity index is 2410. The molecule has 2 aliphatic heterocycles. The molecule has 2 fully saturated rings. The van der Waals surface area contributed by atoms with E-state index in [1.807, 2.05) is 18.2 Å². The summed E-state index contributed by atoms with van der Waals surface area (Å²) in [5.74, 6) is -0.477. The van der Waals surface area contributed by atoms with E-state index in [1.54, 1.807) is 24.4 Å². The van der Waals surface area contributed by atoms with Gasteiger partial charge in [-0.05, 0) is 72.9 Å². The number of ether oxygens (including phenoxy) is 2. The number of fused-ring (bicyclic) bond motifs is 2. The summed E-state index contributed by atoms with van der Waals surface area (Å²) in [7, 11) is -4.55. The van der Waals surface area contributed by atoms with Gasteiger partial charge in [-0.15, -0.1) is 0 Å². The highest BCUT2D eigenvalue weighted by molar-refractivity contribution is 7.90. The van der Waals surface area contributed by atoms with Gasteiger partial charge >= 0.3 is 0 Å². The predicted octanol–water partition coefficient (Wildman–Crippen LogP) is 6.37. The van der Waals surface area contributed by atoms with Crippen LogP contribution in [-0.2, 0) is 21.2 Å². The van der Waals surface area contributed by atoms with E-state index in [0.29, 0.717) is 37.7 Å². The van der Waals surface area contributed by atoms with Crippen molar-refractivity contribution in [1.82, 2.24) is 24.5 Å². The van der Waals surface area contributed by atoms with Crippen LogP contribution in [-0.4, -0.2) is 105 Å². The topological polar surface area (TPSA) is 175 Å². The van der Waals surface area contributed by atoms with Crippen LogP contribution in [0.25, 0.3) is 11.0 Å². The first-order valence-corrected chi connectivity index (χ1v) is 21.4. The number of halogens is 1. The van der Waals surface area contributed by atoms with Crippen LogP contribution in [0.4, 0.5) is 17.1 Å². The first-order valence-electron chi connectivity index (χ1n) is 19.5. The molecule has 15 nitrogen and oxygen atoms in total. The Hall–Kier alpha value is -5.26. The van der Waals surface area contributed by atoms with Gasteiger partial charge in [-0.2, -0.15) is 0 Å². The number of nitro groups is 1. The standard InChI is InChI=1S/C41H45ClN8O7S/c42-35-6-3-5-33-32(35)4-1-2-7-37(33)49-18-16-48(17-19-49)29-8-10-34(39(25-29)57-30-24-28-12-13-44-40(28)45-27-30)41(51)46-58(54,55)31-9-11-36(38(26-31)50(52)53)43-14-15-47-20-22-56-23-21-47/h3,5-6,8-13,24-27,37,43H,1-2,4,7,14-23H2,(H,44,45)(H,46,51). The number of nitrogens with one attached hydrogen (secondary N) is 3. The number of hydrogen-bond donors (Lipinski definition) is 3. The molecule has 0 bridgehead atoms. The van der Waals surface area contributed by atoms with Crippen molar-refractivity contribution in [2.24, 2.45) is 0 Å². The number of hydrogen-bond acceptors (Lipinski definition) is 12. The quantitative estimate of drug-likeness (QED) is 0.0722. The SMILES string of the molecule is O=C(NS(=O)(=O)c1ccc(NCCN2CCOCC2)c([N+](=O)[O-])c1)c1ccc(N2CCN(C3CCCCc4c(Cl)cccc43)CC2)cc1Oc1cnc2[nH]ccc2c1. The number of aromatic nitrogens is 2. The molecule has 1 amide bonds. The zero-order chi connectivity index (χ0) is 40.2. The largest absolute Gasteiger partial charge is 0.455 e. The molecule has 2 saturated heterocycles. The summed E-state index contributed by atoms with van der Waals surface area (Å²) in [6.45, 7) is 6.90. The second kappa shape index (κ2) is 17.3. The Labute approximate surface area is 341 Å². The van der Waals surface area contributed by atoms with Gasteiger partial charge in [-0.1, -0.05) is 30.2 Å². The van der Waals surface area contributed by atoms with Crippen LogP contribution in [0.2, 0.25) is 5.02 Å². The summed E-state index contributed by atoms with van der Waals surface area (Å²) >= 11 is 6.64. The molecule has 304 valence electrons. The number of amides is 1. The normalized spacial score (nSPS) is 18.0. The molecule has 17 heteroatoms. The molecule has 4 heterocycles. The molecule has 0 radical (unpaired) electrons. The number of nitrogens with zero attached hydrogens (tertiary/aromatic N) is 5. The fourth-order valence-electron chi connectivity index (χ4n) is 8.09. The van der Waals surface area contributed by atoms with E-state index in [2.05, 4.69) is 40.8 Å². The second-order valence-electron chi connectivity index (χ2n) is 14.7. The summed E-state index contributed by atoms with van der Waals surface area (Å²) < 4.78 is 41.0. The molecule has 8 rings (SSSR count). The van der Waals surface area contributed by atoms with Crippen LogP contribution in [0.15, 0.2) is 84.0 Å². The number of aromatic amines is 1. The third-order valence-corrected chi connectivity index (χ3v) is 12.8. The van der Waals surface area contributed by atoms with E-state index >= 15 is 0 Å². The lowest BCUT2D eigenvalue weighted by Crippen LogP contribution is -2.47. The number of nitro benzene ring substituents is 1. The molecule has 3 aliphatic rings. The second-order valence-corrected chi connectivity index (χ2v) is 16.8. The Morgan fingerprint density at radius 3 is 2.66 bits per heavy atom. The third kappa shape index (κ3) is 8.76. The van der Waals surface area contributed by atoms with Gasteiger partial charge in [-0.3, -0.25) is 24.7 Å². The van der Waals surface area contributed by atoms with Crippen molar-refractivity contribution in [3.8, 4) is 11.5 Å². The van der Waals surface area contributed by atoms with Gasteiger partial charge in [0.2, 0.25) is 0 Å². The van der Waals surface area contributed by atoms with Gasteiger partial charge in [-0.25, -0.2) is 18.1 Å². The molecule has 1 atom stereocenters. The third-order valence-electron chi connectivity index (χ3n) is 11.2. The van der Waals surface area contributed by atoms with Gasteiger partial charge < -0.3 is 24.7 Å². The van der Waals surface area contributed by atoms with Crippen LogP contribution < -0.4 is 19.7 Å². The summed E-state index contributed by atoms with van der Waals surface area (Å²) in [5, 5.41) is 16.7. The van der Waals surface area contributed by atoms with Crippen molar-refractivity contribution < 1.29 is 27.6 Å². The van der Waals surface area contributed by atoms with E-state index < -0.39 is 31.4 Å². The van der Waals surface area contributed by atoms with Crippen molar-refractivity contribution in [1.29, 1.82) is 0 Å². The Morgan fingerprint density at radius 2 is 1.84 bits per heavy atom. The lowest BCUT2D eigenvalue weighted by atomic mass is 9.97. The summed E-state index contributed by atoms with van der Waals surface area (Å²) in [4.78, 5) is 39.2. The first kappa shape index (κ1) is 39.6. The van der Waals surface area contributed by atoms with Crippen LogP contribution in [0, 0.1) is 10.1 Å². The number of rotatable bonds is 12. The number of sulfonamides is 1. The molecule has 0 spiro atoms. The van der Waals surface area contributed by atoms with E-state index in [4.69, 9.17) is 21.1 Å². The predicted molar refractivity (Wildman–Crippen MR) is 222 cm³/mol. The van der Waals surface area contributed by atoms with Crippen LogP contribution in [0.1, 0.15) is 46.8 Å². The van der Waals surface area contributed by atoms with E-state index in [-0.39, 0.29) is 23.0 Å². The van der Waals surface area contributed by atoms with Crippen molar-refractivity contribution in [2.75, 3.05) is 75.8 Å². The lowest BCUT2D eigenvalue weighted by molar-refractivity contribution is -0.384. The minimum atomic E-state index is -4.55. The fraction of sp³-hybridized carbons (Fsp3) is 0.366. The number of H-pyrrole nitrogens is 1. The summed E-state index contributed by atoms with van der Waals surface area (Å²) in [5.41, 5.74) is 3.74. The van der Waals surface area contributed by atoms with Crippen LogP contribution in [0.3, 0.4) is 0 Å². The Balaban J connectivity index is 1.01. The first-order chi connectivity index (χ1) is 28.1. The maximum Gasteiger partial charge on any atom is 0.293 e.